The molecule has 126 valence electrons. The van der Waals surface area contributed by atoms with Crippen LogP contribution in [0.25, 0.3) is 0 Å². The Morgan fingerprint density at radius 1 is 1.22 bits per heavy atom. The van der Waals surface area contributed by atoms with Crippen molar-refractivity contribution in [2.45, 2.75) is 44.6 Å². The third-order valence-electron chi connectivity index (χ3n) is 3.92. The van der Waals surface area contributed by atoms with Gasteiger partial charge in [-0.1, -0.05) is 25.0 Å². The molecule has 3 amide bonds. The molecule has 6 nitrogen and oxygen atoms in total. The molecule has 1 heterocycles. The summed E-state index contributed by atoms with van der Waals surface area (Å²) in [4.78, 5) is 35.6. The van der Waals surface area contributed by atoms with E-state index in [0.29, 0.717) is 19.5 Å². The van der Waals surface area contributed by atoms with Gasteiger partial charge in [0.1, 0.15) is 6.61 Å². The minimum absolute atomic E-state index is 0.0203. The predicted octanol–water partition coefficient (Wildman–Crippen LogP) is 1.32. The first-order chi connectivity index (χ1) is 11.2. The van der Waals surface area contributed by atoms with Crippen LogP contribution >= 0.6 is 0 Å². The van der Waals surface area contributed by atoms with Gasteiger partial charge in [-0.3, -0.25) is 19.3 Å². The molecule has 1 unspecified atom stereocenters. The van der Waals surface area contributed by atoms with Crippen LogP contribution in [0, 0.1) is 0 Å². The zero-order valence-corrected chi connectivity index (χ0v) is 13.3. The van der Waals surface area contributed by atoms with Crippen LogP contribution in [0.4, 0.5) is 0 Å². The van der Waals surface area contributed by atoms with Crippen LogP contribution in [-0.4, -0.2) is 48.4 Å². The van der Waals surface area contributed by atoms with Crippen LogP contribution in [0.5, 0.6) is 0 Å². The van der Waals surface area contributed by atoms with E-state index in [1.165, 1.54) is 29.9 Å². The average Bonchev–Trinajstić information content (AvgIpc) is 2.82. The monoisotopic (exact) mass is 320 g/mol. The number of ether oxygens (including phenoxy) is 1. The maximum atomic E-state index is 11.7. The first-order valence-electron chi connectivity index (χ1n) is 8.25. The molecule has 6 heteroatoms. The van der Waals surface area contributed by atoms with Crippen molar-refractivity contribution in [2.24, 2.45) is 0 Å². The molecule has 23 heavy (non-hydrogen) atoms. The molecule has 2 rings (SSSR count). The van der Waals surface area contributed by atoms with E-state index in [4.69, 9.17) is 4.74 Å². The first-order valence-corrected chi connectivity index (χ1v) is 8.25. The first kappa shape index (κ1) is 17.4. The highest BCUT2D eigenvalue weighted by Crippen LogP contribution is 2.14. The van der Waals surface area contributed by atoms with Crippen molar-refractivity contribution in [3.05, 3.63) is 24.3 Å². The number of hydrogen-bond acceptors (Lipinski definition) is 4. The van der Waals surface area contributed by atoms with Gasteiger partial charge in [0.05, 0.1) is 6.10 Å². The summed E-state index contributed by atoms with van der Waals surface area (Å²) < 4.78 is 5.62. The second kappa shape index (κ2) is 9.25. The lowest BCUT2D eigenvalue weighted by atomic mass is 10.0. The zero-order valence-electron chi connectivity index (χ0n) is 13.3. The summed E-state index contributed by atoms with van der Waals surface area (Å²) in [5.74, 6) is -0.751. The number of nitrogens with zero attached hydrogens (tertiary/aromatic N) is 1. The Hall–Kier alpha value is -1.95. The second-order valence-electron chi connectivity index (χ2n) is 5.78. The molecule has 1 aliphatic heterocycles. The fraction of sp³-hybridized carbons (Fsp3) is 0.588. The number of carbonyl (C=O) groups excluding carboxylic acids is 3. The number of nitrogens with one attached hydrogen (secondary N) is 1. The molecule has 2 aliphatic rings. The number of hydrogen-bond donors (Lipinski definition) is 1. The molecular weight excluding hydrogens is 296 g/mol. The van der Waals surface area contributed by atoms with Gasteiger partial charge >= 0.3 is 0 Å². The lowest BCUT2D eigenvalue weighted by Crippen LogP contribution is -2.35. The highest BCUT2D eigenvalue weighted by molar-refractivity contribution is 6.12. The molecule has 0 fully saturated rings. The molecule has 1 N–H and O–H groups in total. The van der Waals surface area contributed by atoms with Crippen LogP contribution in [-0.2, 0) is 19.1 Å². The topological polar surface area (TPSA) is 75.7 Å². The van der Waals surface area contributed by atoms with Gasteiger partial charge < -0.3 is 10.1 Å². The smallest absolute Gasteiger partial charge is 0.253 e. The average molecular weight is 320 g/mol. The number of allylic oxidation sites excluding steroid dienone is 1. The zero-order chi connectivity index (χ0) is 16.5. The van der Waals surface area contributed by atoms with Crippen molar-refractivity contribution in [3.63, 3.8) is 0 Å². The van der Waals surface area contributed by atoms with Crippen LogP contribution in [0.15, 0.2) is 24.3 Å². The SMILES string of the molecule is O=C(COC1C=CCCCCC1)NCCCN1C(=O)C=CC1=O. The number of imide groups is 1. The number of rotatable bonds is 7. The van der Waals surface area contributed by atoms with Crippen molar-refractivity contribution < 1.29 is 19.1 Å². The van der Waals surface area contributed by atoms with E-state index in [1.807, 2.05) is 6.08 Å². The molecule has 0 radical (unpaired) electrons. The molecule has 0 saturated carbocycles. The standard InChI is InChI=1S/C17H24N2O4/c20-15(13-23-14-7-4-2-1-3-5-8-14)18-11-6-12-19-16(21)9-10-17(19)22/h4,7,9-10,14H,1-3,5-6,8,11-13H2,(H,18,20). The summed E-state index contributed by atoms with van der Waals surface area (Å²) in [7, 11) is 0. The minimum atomic E-state index is -0.291. The molecule has 0 saturated heterocycles. The van der Waals surface area contributed by atoms with E-state index in [9.17, 15) is 14.4 Å². The van der Waals surface area contributed by atoms with Crippen LogP contribution in [0.2, 0.25) is 0 Å². The Balaban J connectivity index is 1.57. The number of amides is 3. The Bertz CT molecular complexity index is 481. The lowest BCUT2D eigenvalue weighted by Gasteiger charge is -2.16. The molecule has 0 bridgehead atoms. The van der Waals surface area contributed by atoms with Crippen molar-refractivity contribution in [2.75, 3.05) is 19.7 Å². The summed E-state index contributed by atoms with van der Waals surface area (Å²) in [5, 5.41) is 2.75. The fourth-order valence-corrected chi connectivity index (χ4v) is 2.62. The summed E-state index contributed by atoms with van der Waals surface area (Å²) in [6.07, 6.45) is 12.8. The van der Waals surface area contributed by atoms with Gasteiger partial charge in [-0.15, -0.1) is 0 Å². The normalized spacial score (nSPS) is 21.4. The van der Waals surface area contributed by atoms with Crippen molar-refractivity contribution >= 4 is 17.7 Å². The van der Waals surface area contributed by atoms with Gasteiger partial charge in [0.25, 0.3) is 11.8 Å². The van der Waals surface area contributed by atoms with E-state index in [0.717, 1.165) is 19.3 Å². The maximum Gasteiger partial charge on any atom is 0.253 e. The lowest BCUT2D eigenvalue weighted by molar-refractivity contribution is -0.136. The van der Waals surface area contributed by atoms with E-state index in [1.54, 1.807) is 0 Å². The van der Waals surface area contributed by atoms with Crippen molar-refractivity contribution in [3.8, 4) is 0 Å². The highest BCUT2D eigenvalue weighted by atomic mass is 16.5. The van der Waals surface area contributed by atoms with Gasteiger partial charge in [0.15, 0.2) is 0 Å². The summed E-state index contributed by atoms with van der Waals surface area (Å²) >= 11 is 0. The Morgan fingerprint density at radius 3 is 2.78 bits per heavy atom. The Kier molecular flexibility index (Phi) is 7.00. The maximum absolute atomic E-state index is 11.7. The van der Waals surface area contributed by atoms with Gasteiger partial charge in [-0.05, 0) is 25.7 Å². The summed E-state index contributed by atoms with van der Waals surface area (Å²) in [5.41, 5.74) is 0. The van der Waals surface area contributed by atoms with E-state index < -0.39 is 0 Å². The third kappa shape index (κ3) is 5.98. The quantitative estimate of drug-likeness (QED) is 0.436. The van der Waals surface area contributed by atoms with Crippen LogP contribution < -0.4 is 5.32 Å². The number of carbonyl (C=O) groups is 3. The molecule has 0 aromatic rings. The van der Waals surface area contributed by atoms with Crippen LogP contribution in [0.1, 0.15) is 38.5 Å². The Morgan fingerprint density at radius 2 is 2.00 bits per heavy atom. The molecule has 0 aromatic heterocycles. The molecule has 1 atom stereocenters. The van der Waals surface area contributed by atoms with E-state index >= 15 is 0 Å². The van der Waals surface area contributed by atoms with Gasteiger partial charge in [0, 0.05) is 25.2 Å². The van der Waals surface area contributed by atoms with E-state index in [-0.39, 0.29) is 30.4 Å². The van der Waals surface area contributed by atoms with E-state index in [2.05, 4.69) is 11.4 Å². The molecule has 0 aromatic carbocycles. The molecular formula is C17H24N2O4. The van der Waals surface area contributed by atoms with Gasteiger partial charge in [-0.25, -0.2) is 0 Å². The second-order valence-corrected chi connectivity index (χ2v) is 5.78. The van der Waals surface area contributed by atoms with Gasteiger partial charge in [0.2, 0.25) is 5.91 Å². The predicted molar refractivity (Wildman–Crippen MR) is 85.5 cm³/mol. The largest absolute Gasteiger partial charge is 0.364 e. The Labute approximate surface area is 136 Å². The van der Waals surface area contributed by atoms with Crippen molar-refractivity contribution in [1.29, 1.82) is 0 Å². The van der Waals surface area contributed by atoms with Crippen LogP contribution in [0.3, 0.4) is 0 Å². The highest BCUT2D eigenvalue weighted by Gasteiger charge is 2.22. The molecule has 0 spiro atoms. The molecule has 1 aliphatic carbocycles. The van der Waals surface area contributed by atoms with Crippen molar-refractivity contribution in [1.82, 2.24) is 10.2 Å². The van der Waals surface area contributed by atoms with Gasteiger partial charge in [-0.2, -0.15) is 0 Å². The summed E-state index contributed by atoms with van der Waals surface area (Å²) in [6.45, 7) is 0.773. The fourth-order valence-electron chi connectivity index (χ4n) is 2.62. The summed E-state index contributed by atoms with van der Waals surface area (Å²) in [6, 6.07) is 0. The minimum Gasteiger partial charge on any atom is -0.364 e. The third-order valence-corrected chi connectivity index (χ3v) is 3.92.